The summed E-state index contributed by atoms with van der Waals surface area (Å²) in [4.78, 5) is 49.1. The van der Waals surface area contributed by atoms with Gasteiger partial charge in [-0.25, -0.2) is 26.8 Å². The van der Waals surface area contributed by atoms with Crippen LogP contribution in [0.4, 0.5) is 17.6 Å². The van der Waals surface area contributed by atoms with E-state index >= 15 is 4.39 Å². The van der Waals surface area contributed by atoms with Crippen LogP contribution in [0.1, 0.15) is 155 Å². The first-order chi connectivity index (χ1) is 58.2. The van der Waals surface area contributed by atoms with Crippen LogP contribution < -0.4 is 77.9 Å². The van der Waals surface area contributed by atoms with E-state index in [0.29, 0.717) is 83.1 Å². The summed E-state index contributed by atoms with van der Waals surface area (Å²) in [5.41, 5.74) is 11.7. The lowest BCUT2D eigenvalue weighted by molar-refractivity contribution is -0.356. The van der Waals surface area contributed by atoms with Gasteiger partial charge in [-0.2, -0.15) is 15.3 Å². The first kappa shape index (κ1) is 101. The number of methoxy groups -OCH3 is 13. The number of nitrogens with one attached hydrogen (secondary N) is 2. The van der Waals surface area contributed by atoms with Crippen LogP contribution in [-0.2, 0) is 81.1 Å². The molecule has 0 radical (unpaired) electrons. The Bertz CT molecular complexity index is 5200. The van der Waals surface area contributed by atoms with Gasteiger partial charge in [0.15, 0.2) is 46.3 Å². The first-order valence-corrected chi connectivity index (χ1v) is 38.1. The second kappa shape index (κ2) is 46.7. The van der Waals surface area contributed by atoms with E-state index < -0.39 is 23.4 Å². The van der Waals surface area contributed by atoms with Crippen LogP contribution in [-0.4, -0.2) is 163 Å². The van der Waals surface area contributed by atoms with Crippen LogP contribution in [0.3, 0.4) is 0 Å². The Morgan fingerprint density at radius 3 is 1.18 bits per heavy atom. The molecule has 0 aliphatic rings. The summed E-state index contributed by atoms with van der Waals surface area (Å²) in [6.45, 7) is 22.6. The maximum Gasteiger partial charge on any atom is 0.406 e. The van der Waals surface area contributed by atoms with E-state index in [-0.39, 0.29) is 98.9 Å². The number of nitrogens with two attached hydrogens (primary N) is 1. The molecule has 29 nitrogen and oxygen atoms in total. The summed E-state index contributed by atoms with van der Waals surface area (Å²) >= 11 is 0. The summed E-state index contributed by atoms with van der Waals surface area (Å²) in [5.74, 6) is 3.03. The van der Waals surface area contributed by atoms with Crippen LogP contribution in [0, 0.1) is 23.3 Å². The highest BCUT2D eigenvalue weighted by molar-refractivity contribution is 5.93. The van der Waals surface area contributed by atoms with Crippen molar-refractivity contribution in [2.75, 3.05) is 92.4 Å². The molecule has 5 N–H and O–H groups in total. The van der Waals surface area contributed by atoms with Gasteiger partial charge in [-0.1, -0.05) is 74.4 Å². The Hall–Kier alpha value is -13.0. The van der Waals surface area contributed by atoms with Crippen LogP contribution in [0.15, 0.2) is 121 Å². The number of aromatic carboxylic acids is 1. The van der Waals surface area contributed by atoms with Gasteiger partial charge in [-0.3, -0.25) is 28.4 Å². The highest BCUT2D eigenvalue weighted by Crippen LogP contribution is 2.39. The van der Waals surface area contributed by atoms with Crippen LogP contribution in [0.25, 0.3) is 0 Å². The van der Waals surface area contributed by atoms with E-state index in [1.165, 1.54) is 100 Å². The fourth-order valence-electron chi connectivity index (χ4n) is 11.8. The monoisotopic (exact) mass is 1720 g/mol. The molecule has 0 spiro atoms. The third kappa shape index (κ3) is 27.0. The average Bonchev–Trinajstić information content (AvgIpc) is 1.66. The van der Waals surface area contributed by atoms with Crippen molar-refractivity contribution in [1.82, 2.24) is 44.9 Å². The zero-order valence-corrected chi connectivity index (χ0v) is 74.6. The van der Waals surface area contributed by atoms with Crippen molar-refractivity contribution in [3.05, 3.63) is 218 Å². The average molecular weight is 1720 g/mol. The van der Waals surface area contributed by atoms with Gasteiger partial charge in [0, 0.05) is 104 Å². The van der Waals surface area contributed by atoms with Crippen molar-refractivity contribution in [3.63, 3.8) is 0 Å². The Morgan fingerprint density at radius 2 is 0.797 bits per heavy atom. The highest BCUT2D eigenvalue weighted by atomic mass is 19.1. The van der Waals surface area contributed by atoms with Gasteiger partial charge in [0.2, 0.25) is 5.75 Å². The minimum Gasteiger partial charge on any atom is -0.497 e. The fourth-order valence-corrected chi connectivity index (χ4v) is 11.8. The molecule has 7 aromatic carbocycles. The number of nitrogens with zero attached hydrogens (tertiary/aromatic N) is 7. The quantitative estimate of drug-likeness (QED) is 0.0192. The van der Waals surface area contributed by atoms with Gasteiger partial charge >= 0.3 is 11.7 Å². The second-order valence-electron chi connectivity index (χ2n) is 29.9. The van der Waals surface area contributed by atoms with Gasteiger partial charge in [0.1, 0.15) is 74.8 Å². The Morgan fingerprint density at radius 1 is 0.439 bits per heavy atom. The van der Waals surface area contributed by atoms with E-state index in [4.69, 9.17) is 72.4 Å². The Labute approximate surface area is 715 Å². The zero-order chi connectivity index (χ0) is 92.0. The molecule has 123 heavy (non-hydrogen) atoms. The molecule has 0 bridgehead atoms. The number of carboxylic acids is 1. The molecule has 2 amide bonds. The van der Waals surface area contributed by atoms with Gasteiger partial charge in [0.05, 0.1) is 134 Å². The zero-order valence-electron chi connectivity index (χ0n) is 74.6. The molecule has 3 heterocycles. The lowest BCUT2D eigenvalue weighted by Gasteiger charge is -2.25. The van der Waals surface area contributed by atoms with Crippen molar-refractivity contribution in [1.29, 1.82) is 0 Å². The number of carbonyl (C=O) groups is 4. The summed E-state index contributed by atoms with van der Waals surface area (Å²) in [7, 11) is 24.9. The summed E-state index contributed by atoms with van der Waals surface area (Å²) in [6.07, 6.45) is 0.359. The summed E-state index contributed by atoms with van der Waals surface area (Å²) < 4.78 is 133. The molecule has 0 saturated carbocycles. The predicted octanol–water partition coefficient (Wildman–Crippen LogP) is 15.0. The van der Waals surface area contributed by atoms with Gasteiger partial charge < -0.3 is 88.0 Å². The second-order valence-corrected chi connectivity index (χ2v) is 29.9. The smallest absolute Gasteiger partial charge is 0.406 e. The third-order valence-corrected chi connectivity index (χ3v) is 18.7. The fraction of sp³-hybridized carbons (Fsp3) is 0.378. The molecule has 0 atom stereocenters. The molecule has 0 saturated heterocycles. The molecule has 10 rings (SSSR count). The predicted molar refractivity (Wildman–Crippen MR) is 458 cm³/mol. The van der Waals surface area contributed by atoms with E-state index in [9.17, 15) is 32.3 Å². The van der Waals surface area contributed by atoms with Crippen LogP contribution in [0.5, 0.6) is 80.5 Å². The standard InChI is InChI=1S/C27H34FN3O5.C18H24FN3O3.C18H22FNO4.C9H8FO3.C9H14N2O2.C9H13NO2/c1-27(2,3)24-14-21(30(4)29-24)26(32)31(15-17-9-10-18(33-5)13-23(17)35-7)16-19-20(28)11-12-22(34-6)25(19)36-8;1-18(2,3)15-9-13(22(4)21-15)17(23)20-10-11-12(19)7-8-14(24-5)16(11)25-6;1-21-13-6-5-12(17(9-13)23-3)10-20-11-14-15(19)7-8-16(22-2)18(14)24-4;1-12-8-4-3-7(10)6(5-11)9(8)13-2;1-9(2,3)7-5-6(8(12)13)11(4)10-7;1-11-8-4-3-7(6-10)9(5-8)12-2/h9-14H,15-16H2,1-8H3;7-9H,10H2,1-6H3,(H,20,23);5-9,20H,10-11H2,1-4H3;3-5H,2H2,1H3;5H,1-4H3,(H,12,13);3-5H,6,10H2,1-2H3/q;;;+1;;. The number of hydrogen-bond acceptors (Lipinski definition) is 22. The van der Waals surface area contributed by atoms with Gasteiger partial charge in [-0.05, 0) is 91.0 Å². The van der Waals surface area contributed by atoms with Gasteiger partial charge in [-0.15, -0.1) is 0 Å². The number of hydrogen-bond donors (Lipinski definition) is 4. The van der Waals surface area contributed by atoms with Crippen molar-refractivity contribution >= 4 is 30.9 Å². The number of aryl methyl sites for hydroxylation is 3. The number of ether oxygens (including phenoxy) is 13. The molecule has 10 aromatic rings. The lowest BCUT2D eigenvalue weighted by atomic mass is 9.92. The number of halogens is 4. The number of rotatable bonds is 29. The molecule has 0 fully saturated rings. The van der Waals surface area contributed by atoms with Crippen LogP contribution >= 0.6 is 0 Å². The molecule has 666 valence electrons. The number of aldehydes is 1. The van der Waals surface area contributed by atoms with Crippen molar-refractivity contribution < 1.29 is 108 Å². The topological polar surface area (TPSA) is 327 Å². The number of carbonyl (C=O) groups excluding carboxylic acids is 4. The number of carboxylic acid groups (broad SMARTS) is 1. The lowest BCUT2D eigenvalue weighted by Crippen LogP contribution is -2.32. The molecule has 3 aromatic heterocycles. The maximum absolute atomic E-state index is 15.1. The molecule has 0 aliphatic heterocycles. The number of benzene rings is 7. The van der Waals surface area contributed by atoms with E-state index in [1.54, 1.807) is 105 Å². The third-order valence-electron chi connectivity index (χ3n) is 18.7. The minimum absolute atomic E-state index is 0.0116. The normalized spacial score (nSPS) is 10.8. The number of aromatic nitrogens is 6. The first-order valence-electron chi connectivity index (χ1n) is 38.1. The van der Waals surface area contributed by atoms with Crippen LogP contribution in [0.2, 0.25) is 0 Å². The Balaban J connectivity index is 0.000000275. The maximum atomic E-state index is 15.1. The summed E-state index contributed by atoms with van der Waals surface area (Å²) in [6, 6.07) is 32.6. The summed E-state index contributed by atoms with van der Waals surface area (Å²) in [5, 5.41) is 27.8. The van der Waals surface area contributed by atoms with E-state index in [0.717, 1.165) is 57.1 Å². The van der Waals surface area contributed by atoms with Gasteiger partial charge in [0.25, 0.3) is 18.6 Å². The highest BCUT2D eigenvalue weighted by Gasteiger charge is 2.31. The molecule has 0 unspecified atom stereocenters. The van der Waals surface area contributed by atoms with Crippen molar-refractivity contribution in [2.45, 2.75) is 118 Å². The van der Waals surface area contributed by atoms with Crippen molar-refractivity contribution in [3.8, 4) is 80.5 Å². The molecule has 0 aliphatic carbocycles. The Kier molecular flexibility index (Phi) is 38.1. The molecular formula is C90H115F4N10O19+. The minimum atomic E-state index is -0.939. The largest absolute Gasteiger partial charge is 0.497 e. The van der Waals surface area contributed by atoms with E-state index in [2.05, 4.69) is 37.1 Å². The SMILES string of the molecule is C=[O+]c1c(OC)ccc(F)c1C=O.COc1ccc(CN(Cc2c(F)ccc(OC)c2OC)C(=O)c2cc(C(C)(C)C)nn2C)c(OC)c1.COc1ccc(CN)c(OC)c1.COc1ccc(CNCc2c(F)ccc(OC)c2OC)c(OC)c1.COc1ccc(F)c(CNC(=O)c2cc(C(C)(C)C)nn2C)c1OC.Cn1nc(C(C)(C)C)cc1C(=O)O. The number of amides is 2. The molecular weight excluding hydrogens is 1600 g/mol. The van der Waals surface area contributed by atoms with Crippen molar-refractivity contribution in [2.24, 2.45) is 26.9 Å². The molecule has 33 heteroatoms. The van der Waals surface area contributed by atoms with E-state index in [1.807, 2.05) is 105 Å².